The number of nitrogens with zero attached hydrogens (tertiary/aromatic N) is 2. The van der Waals surface area contributed by atoms with Crippen molar-refractivity contribution in [3.05, 3.63) is 45.1 Å². The van der Waals surface area contributed by atoms with Crippen molar-refractivity contribution in [2.75, 3.05) is 18.0 Å². The molecule has 5 rings (SSSR count). The largest absolute Gasteiger partial charge is 0.477 e. The molecule has 0 bridgehead atoms. The molecule has 2 aliphatic carbocycles. The van der Waals surface area contributed by atoms with Crippen LogP contribution in [0.25, 0.3) is 5.52 Å². The molecule has 3 N–H and O–H groups in total. The zero-order chi connectivity index (χ0) is 19.1. The number of hydrogen-bond donors (Lipinski definition) is 2. The van der Waals surface area contributed by atoms with Crippen LogP contribution in [0.2, 0.25) is 0 Å². The standard InChI is InChI=1S/C20H22FN3O3.ClH/c1-10-16-12(11-2-3-11)6-13(19(26)27)18(25)24(16)8-14(21)17(10)23-5-4-20(9-23)7-15(20)22;/h6,8,11,15H,2-5,7,9,22H2,1H3,(H,26,27);1H. The SMILES string of the molecule is Cc1c(N2CCC3(CC3N)C2)c(F)cn2c(=O)c(C(=O)O)cc(C3CC3)c12.Cl. The molecule has 2 unspecified atom stereocenters. The van der Waals surface area contributed by atoms with Crippen LogP contribution in [0.4, 0.5) is 10.1 Å². The fourth-order valence-electron chi connectivity index (χ4n) is 4.82. The minimum Gasteiger partial charge on any atom is -0.477 e. The average Bonchev–Trinajstić information content (AvgIpc) is 3.49. The van der Waals surface area contributed by atoms with Crippen molar-refractivity contribution >= 4 is 29.6 Å². The van der Waals surface area contributed by atoms with Crippen molar-refractivity contribution in [3.8, 4) is 0 Å². The van der Waals surface area contributed by atoms with Gasteiger partial charge in [-0.25, -0.2) is 9.18 Å². The summed E-state index contributed by atoms with van der Waals surface area (Å²) in [6, 6.07) is 1.68. The van der Waals surface area contributed by atoms with Crippen LogP contribution in [0.5, 0.6) is 0 Å². The van der Waals surface area contributed by atoms with Gasteiger partial charge in [0.1, 0.15) is 5.56 Å². The minimum atomic E-state index is -1.28. The third kappa shape index (κ3) is 2.63. The van der Waals surface area contributed by atoms with E-state index in [0.717, 1.165) is 50.5 Å². The second-order valence-electron chi connectivity index (χ2n) is 8.41. The van der Waals surface area contributed by atoms with Gasteiger partial charge >= 0.3 is 5.97 Å². The van der Waals surface area contributed by atoms with Gasteiger partial charge in [-0.1, -0.05) is 0 Å². The normalized spacial score (nSPS) is 26.0. The summed E-state index contributed by atoms with van der Waals surface area (Å²) < 4.78 is 16.3. The van der Waals surface area contributed by atoms with Crippen LogP contribution in [-0.2, 0) is 0 Å². The van der Waals surface area contributed by atoms with Gasteiger partial charge in [-0.15, -0.1) is 12.4 Å². The molecule has 0 radical (unpaired) electrons. The molecule has 2 saturated carbocycles. The van der Waals surface area contributed by atoms with Gasteiger partial charge in [0.15, 0.2) is 5.82 Å². The Morgan fingerprint density at radius 1 is 1.39 bits per heavy atom. The van der Waals surface area contributed by atoms with Gasteiger partial charge in [-0.3, -0.25) is 9.20 Å². The number of carboxylic acid groups (broad SMARTS) is 1. The van der Waals surface area contributed by atoms with Gasteiger partial charge in [0, 0.05) is 24.5 Å². The van der Waals surface area contributed by atoms with Gasteiger partial charge in [0.05, 0.1) is 17.4 Å². The zero-order valence-electron chi connectivity index (χ0n) is 15.6. The van der Waals surface area contributed by atoms with Crippen LogP contribution >= 0.6 is 12.4 Å². The molecular formula is C20H23ClFN3O3. The number of fused-ring (bicyclic) bond motifs is 1. The highest BCUT2D eigenvalue weighted by atomic mass is 35.5. The molecule has 1 spiro atoms. The summed E-state index contributed by atoms with van der Waals surface area (Å²) in [6.07, 6.45) is 5.02. The second kappa shape index (κ2) is 6.19. The lowest BCUT2D eigenvalue weighted by Gasteiger charge is -2.24. The summed E-state index contributed by atoms with van der Waals surface area (Å²) in [5.41, 5.74) is 7.93. The maximum atomic E-state index is 15.1. The van der Waals surface area contributed by atoms with Gasteiger partial charge in [0.25, 0.3) is 5.56 Å². The number of aryl methyl sites for hydroxylation is 1. The molecule has 1 saturated heterocycles. The third-order valence-corrected chi connectivity index (χ3v) is 6.64. The van der Waals surface area contributed by atoms with E-state index in [1.807, 2.05) is 11.8 Å². The first-order valence-electron chi connectivity index (χ1n) is 9.44. The fourth-order valence-corrected chi connectivity index (χ4v) is 4.82. The Kier molecular flexibility index (Phi) is 4.25. The van der Waals surface area contributed by atoms with E-state index < -0.39 is 17.3 Å². The molecule has 8 heteroatoms. The monoisotopic (exact) mass is 407 g/mol. The van der Waals surface area contributed by atoms with Gasteiger partial charge in [-0.2, -0.15) is 0 Å². The first-order chi connectivity index (χ1) is 12.8. The molecule has 2 aromatic heterocycles. The Hall–Kier alpha value is -2.12. The lowest BCUT2D eigenvalue weighted by molar-refractivity contribution is 0.0694. The summed E-state index contributed by atoms with van der Waals surface area (Å²) in [4.78, 5) is 26.2. The van der Waals surface area contributed by atoms with E-state index in [1.165, 1.54) is 10.5 Å². The Balaban J connectivity index is 0.00000192. The molecule has 3 heterocycles. The van der Waals surface area contributed by atoms with E-state index in [4.69, 9.17) is 5.73 Å². The number of carbonyl (C=O) groups is 1. The van der Waals surface area contributed by atoms with E-state index in [9.17, 15) is 14.7 Å². The van der Waals surface area contributed by atoms with Crippen molar-refractivity contribution in [1.82, 2.24) is 4.40 Å². The molecular weight excluding hydrogens is 385 g/mol. The second-order valence-corrected chi connectivity index (χ2v) is 8.41. The lowest BCUT2D eigenvalue weighted by Crippen LogP contribution is -2.28. The van der Waals surface area contributed by atoms with Crippen molar-refractivity contribution < 1.29 is 14.3 Å². The molecule has 3 aliphatic rings. The number of aromatic nitrogens is 1. The van der Waals surface area contributed by atoms with Crippen LogP contribution in [0, 0.1) is 18.2 Å². The molecule has 2 aromatic rings. The molecule has 2 atom stereocenters. The van der Waals surface area contributed by atoms with Crippen LogP contribution in [0.1, 0.15) is 53.1 Å². The van der Waals surface area contributed by atoms with Crippen molar-refractivity contribution in [2.45, 2.75) is 44.6 Å². The highest BCUT2D eigenvalue weighted by Gasteiger charge is 2.55. The molecule has 150 valence electrons. The minimum absolute atomic E-state index is 0. The van der Waals surface area contributed by atoms with E-state index in [1.54, 1.807) is 0 Å². The van der Waals surface area contributed by atoms with Crippen LogP contribution in [0.15, 0.2) is 17.1 Å². The maximum Gasteiger partial charge on any atom is 0.341 e. The van der Waals surface area contributed by atoms with E-state index in [-0.39, 0.29) is 35.3 Å². The maximum absolute atomic E-state index is 15.1. The summed E-state index contributed by atoms with van der Waals surface area (Å²) >= 11 is 0. The molecule has 0 amide bonds. The highest BCUT2D eigenvalue weighted by molar-refractivity contribution is 5.89. The Morgan fingerprint density at radius 3 is 2.61 bits per heavy atom. The van der Waals surface area contributed by atoms with Gasteiger partial charge in [0.2, 0.25) is 0 Å². The molecule has 1 aliphatic heterocycles. The number of rotatable bonds is 3. The van der Waals surface area contributed by atoms with Crippen molar-refractivity contribution in [1.29, 1.82) is 0 Å². The first-order valence-corrected chi connectivity index (χ1v) is 9.44. The van der Waals surface area contributed by atoms with Gasteiger partial charge < -0.3 is 15.7 Å². The zero-order valence-corrected chi connectivity index (χ0v) is 16.4. The topological polar surface area (TPSA) is 88.0 Å². The Morgan fingerprint density at radius 2 is 2.07 bits per heavy atom. The predicted molar refractivity (Wildman–Crippen MR) is 106 cm³/mol. The number of pyridine rings is 2. The molecule has 3 fully saturated rings. The third-order valence-electron chi connectivity index (χ3n) is 6.64. The number of nitrogens with two attached hydrogens (primary N) is 1. The fraction of sp³-hybridized carbons (Fsp3) is 0.500. The Labute approximate surface area is 167 Å². The quantitative estimate of drug-likeness (QED) is 0.816. The number of aromatic carboxylic acids is 1. The summed E-state index contributed by atoms with van der Waals surface area (Å²) in [5, 5.41) is 9.38. The average molecular weight is 408 g/mol. The number of carboxylic acids is 1. The molecule has 28 heavy (non-hydrogen) atoms. The molecule has 6 nitrogen and oxygen atoms in total. The van der Waals surface area contributed by atoms with Crippen molar-refractivity contribution in [3.63, 3.8) is 0 Å². The highest BCUT2D eigenvalue weighted by Crippen LogP contribution is 2.53. The number of halogens is 2. The predicted octanol–water partition coefficient (Wildman–Crippen LogP) is 2.67. The van der Waals surface area contributed by atoms with Crippen LogP contribution < -0.4 is 16.2 Å². The first kappa shape index (κ1) is 19.2. The van der Waals surface area contributed by atoms with Crippen LogP contribution in [-0.4, -0.2) is 34.6 Å². The van der Waals surface area contributed by atoms with Crippen LogP contribution in [0.3, 0.4) is 0 Å². The van der Waals surface area contributed by atoms with Gasteiger partial charge in [-0.05, 0) is 55.7 Å². The summed E-state index contributed by atoms with van der Waals surface area (Å²) in [7, 11) is 0. The summed E-state index contributed by atoms with van der Waals surface area (Å²) in [6.45, 7) is 3.31. The van der Waals surface area contributed by atoms with E-state index in [2.05, 4.69) is 0 Å². The van der Waals surface area contributed by atoms with Crippen molar-refractivity contribution in [2.24, 2.45) is 11.1 Å². The number of hydrogen-bond acceptors (Lipinski definition) is 4. The van der Waals surface area contributed by atoms with E-state index >= 15 is 4.39 Å². The lowest BCUT2D eigenvalue weighted by atomic mass is 10.0. The Bertz CT molecular complexity index is 1070. The molecule has 0 aromatic carbocycles. The van der Waals surface area contributed by atoms with E-state index in [0.29, 0.717) is 16.8 Å². The smallest absolute Gasteiger partial charge is 0.341 e. The number of anilines is 1. The summed E-state index contributed by atoms with van der Waals surface area (Å²) in [5.74, 6) is -1.53.